The first-order valence-electron chi connectivity index (χ1n) is 8.27. The van der Waals surface area contributed by atoms with Crippen LogP contribution in [0.4, 0.5) is 0 Å². The van der Waals surface area contributed by atoms with Crippen LogP contribution in [0.2, 0.25) is 0 Å². The molecule has 0 aliphatic carbocycles. The van der Waals surface area contributed by atoms with Gasteiger partial charge in [-0.1, -0.05) is 66.7 Å². The normalized spacial score (nSPS) is 12.3. The lowest BCUT2D eigenvalue weighted by Gasteiger charge is -2.25. The number of hydrogen-bond donors (Lipinski definition) is 1. The van der Waals surface area contributed by atoms with Gasteiger partial charge >= 0.3 is 5.97 Å². The Kier molecular flexibility index (Phi) is 5.67. The minimum Gasteiger partial charge on any atom is -0.468 e. The maximum absolute atomic E-state index is 14.1. The quantitative estimate of drug-likeness (QED) is 0.537. The molecule has 0 aromatic heterocycles. The van der Waals surface area contributed by atoms with Gasteiger partial charge in [-0.2, -0.15) is 0 Å². The predicted molar refractivity (Wildman–Crippen MR) is 104 cm³/mol. The maximum atomic E-state index is 14.1. The van der Waals surface area contributed by atoms with Crippen LogP contribution in [0.3, 0.4) is 0 Å². The third-order valence-electron chi connectivity index (χ3n) is 4.12. The summed E-state index contributed by atoms with van der Waals surface area (Å²) in [6, 6.07) is 26.6. The second-order valence-electron chi connectivity index (χ2n) is 5.78. The van der Waals surface area contributed by atoms with Gasteiger partial charge in [-0.3, -0.25) is 4.57 Å². The highest BCUT2D eigenvalue weighted by Gasteiger charge is 2.34. The Labute approximate surface area is 153 Å². The van der Waals surface area contributed by atoms with Crippen molar-refractivity contribution in [2.45, 2.75) is 6.04 Å². The number of ether oxygens (including phenoxy) is 1. The Bertz CT molecular complexity index is 855. The van der Waals surface area contributed by atoms with Crippen LogP contribution >= 0.6 is 7.29 Å². The van der Waals surface area contributed by atoms with Crippen molar-refractivity contribution in [1.29, 1.82) is 0 Å². The minimum atomic E-state index is -3.26. The molecule has 5 heteroatoms. The zero-order valence-corrected chi connectivity index (χ0v) is 15.3. The van der Waals surface area contributed by atoms with Gasteiger partial charge < -0.3 is 4.74 Å². The zero-order chi connectivity index (χ0) is 18.4. The highest BCUT2D eigenvalue weighted by atomic mass is 31.2. The van der Waals surface area contributed by atoms with Crippen molar-refractivity contribution in [2.75, 3.05) is 7.11 Å². The molecule has 26 heavy (non-hydrogen) atoms. The molecular weight excluding hydrogens is 345 g/mol. The van der Waals surface area contributed by atoms with E-state index in [9.17, 15) is 9.36 Å². The first-order valence-corrected chi connectivity index (χ1v) is 9.97. The number of hydrogen-bond acceptors (Lipinski definition) is 3. The third kappa shape index (κ3) is 3.77. The van der Waals surface area contributed by atoms with Crippen molar-refractivity contribution in [3.05, 3.63) is 96.6 Å². The Morgan fingerprint density at radius 1 is 0.808 bits per heavy atom. The molecule has 3 aromatic carbocycles. The smallest absolute Gasteiger partial charge is 0.327 e. The fraction of sp³-hybridized carbons (Fsp3) is 0.0952. The molecule has 0 spiro atoms. The standard InChI is InChI=1S/C21H20NO3P/c1-25-21(23)20(17-11-5-2-6-12-17)22-26(24,18-13-7-3-8-14-18)19-15-9-4-10-16-19/h2-16,20H,1H3,(H,22,24)/t20-/m0/s1. The molecule has 0 aliphatic rings. The zero-order valence-electron chi connectivity index (χ0n) is 14.4. The predicted octanol–water partition coefficient (Wildman–Crippen LogP) is 3.42. The van der Waals surface area contributed by atoms with E-state index in [4.69, 9.17) is 4.74 Å². The van der Waals surface area contributed by atoms with E-state index in [2.05, 4.69) is 5.09 Å². The van der Waals surface area contributed by atoms with Crippen LogP contribution < -0.4 is 15.7 Å². The van der Waals surface area contributed by atoms with Gasteiger partial charge in [0.1, 0.15) is 6.04 Å². The van der Waals surface area contributed by atoms with E-state index in [1.54, 1.807) is 24.3 Å². The van der Waals surface area contributed by atoms with E-state index in [0.717, 1.165) is 0 Å². The molecule has 0 radical (unpaired) electrons. The molecule has 1 atom stereocenters. The lowest BCUT2D eigenvalue weighted by molar-refractivity contribution is -0.142. The number of nitrogens with one attached hydrogen (secondary N) is 1. The average Bonchev–Trinajstić information content (AvgIpc) is 2.73. The second-order valence-corrected chi connectivity index (χ2v) is 8.29. The summed E-state index contributed by atoms with van der Waals surface area (Å²) in [5, 5.41) is 4.38. The van der Waals surface area contributed by atoms with Crippen molar-refractivity contribution in [1.82, 2.24) is 5.09 Å². The maximum Gasteiger partial charge on any atom is 0.327 e. The molecule has 0 saturated heterocycles. The number of carbonyl (C=O) groups is 1. The van der Waals surface area contributed by atoms with Gasteiger partial charge in [0.25, 0.3) is 0 Å². The van der Waals surface area contributed by atoms with Crippen LogP contribution in [-0.2, 0) is 14.1 Å². The number of esters is 1. The second kappa shape index (κ2) is 8.13. The molecule has 0 bridgehead atoms. The van der Waals surface area contributed by atoms with E-state index in [0.29, 0.717) is 16.2 Å². The monoisotopic (exact) mass is 365 g/mol. The van der Waals surface area contributed by atoms with Crippen LogP contribution in [0.25, 0.3) is 0 Å². The van der Waals surface area contributed by atoms with Crippen LogP contribution in [0, 0.1) is 0 Å². The van der Waals surface area contributed by atoms with Crippen molar-refractivity contribution in [3.8, 4) is 0 Å². The summed E-state index contributed by atoms with van der Waals surface area (Å²) in [6.07, 6.45) is 0. The van der Waals surface area contributed by atoms with E-state index in [1.807, 2.05) is 66.7 Å². The van der Waals surface area contributed by atoms with E-state index >= 15 is 0 Å². The Morgan fingerprint density at radius 3 is 1.65 bits per heavy atom. The van der Waals surface area contributed by atoms with Crippen molar-refractivity contribution in [2.24, 2.45) is 0 Å². The van der Waals surface area contributed by atoms with Crippen molar-refractivity contribution >= 4 is 23.9 Å². The Hall–Kier alpha value is -2.68. The minimum absolute atomic E-state index is 0.483. The number of methoxy groups -OCH3 is 1. The summed E-state index contributed by atoms with van der Waals surface area (Å²) in [6.45, 7) is 0. The van der Waals surface area contributed by atoms with Gasteiger partial charge in [-0.25, -0.2) is 9.88 Å². The topological polar surface area (TPSA) is 55.4 Å². The fourth-order valence-corrected chi connectivity index (χ4v) is 5.18. The van der Waals surface area contributed by atoms with Crippen LogP contribution in [0.5, 0.6) is 0 Å². The van der Waals surface area contributed by atoms with Gasteiger partial charge in [0.05, 0.1) is 7.11 Å². The van der Waals surface area contributed by atoms with Crippen LogP contribution in [0.1, 0.15) is 11.6 Å². The molecule has 3 aromatic rings. The lowest BCUT2D eigenvalue weighted by Crippen LogP contribution is -2.35. The van der Waals surface area contributed by atoms with Crippen LogP contribution in [-0.4, -0.2) is 13.1 Å². The third-order valence-corrected chi connectivity index (χ3v) is 6.79. The molecule has 132 valence electrons. The number of carbonyl (C=O) groups excluding carboxylic acids is 1. The summed E-state index contributed by atoms with van der Waals surface area (Å²) in [5.41, 5.74) is 0.700. The molecular formula is C21H20NO3P. The molecule has 1 N–H and O–H groups in total. The summed E-state index contributed by atoms with van der Waals surface area (Å²) in [4.78, 5) is 12.4. The molecule has 3 rings (SSSR count). The number of benzene rings is 3. The Balaban J connectivity index is 2.10. The molecule has 0 amide bonds. The van der Waals surface area contributed by atoms with Gasteiger partial charge in [-0.05, 0) is 29.8 Å². The van der Waals surface area contributed by atoms with Gasteiger partial charge in [0, 0.05) is 10.6 Å². The first-order chi connectivity index (χ1) is 12.6. The lowest BCUT2D eigenvalue weighted by atomic mass is 10.1. The largest absolute Gasteiger partial charge is 0.468 e. The van der Waals surface area contributed by atoms with Crippen molar-refractivity contribution in [3.63, 3.8) is 0 Å². The molecule has 0 aliphatic heterocycles. The molecule has 0 unspecified atom stereocenters. The average molecular weight is 365 g/mol. The summed E-state index contributed by atoms with van der Waals surface area (Å²) >= 11 is 0. The number of rotatable bonds is 6. The SMILES string of the molecule is COC(=O)[C@@H](NP(=O)(c1ccccc1)c1ccccc1)c1ccccc1. The van der Waals surface area contributed by atoms with Gasteiger partial charge in [-0.15, -0.1) is 0 Å². The summed E-state index contributed by atoms with van der Waals surface area (Å²) in [5.74, 6) is -0.483. The van der Waals surface area contributed by atoms with Gasteiger partial charge in [0.2, 0.25) is 7.29 Å². The first kappa shape index (κ1) is 18.1. The summed E-state index contributed by atoms with van der Waals surface area (Å²) < 4.78 is 19.1. The molecule has 4 nitrogen and oxygen atoms in total. The molecule has 0 saturated carbocycles. The fourth-order valence-electron chi connectivity index (χ4n) is 2.78. The van der Waals surface area contributed by atoms with Crippen LogP contribution in [0.15, 0.2) is 91.0 Å². The van der Waals surface area contributed by atoms with E-state index < -0.39 is 19.3 Å². The summed E-state index contributed by atoms with van der Waals surface area (Å²) in [7, 11) is -1.93. The molecule has 0 heterocycles. The van der Waals surface area contributed by atoms with Crippen molar-refractivity contribution < 1.29 is 14.1 Å². The van der Waals surface area contributed by atoms with Gasteiger partial charge in [0.15, 0.2) is 0 Å². The highest BCUT2D eigenvalue weighted by molar-refractivity contribution is 7.77. The highest BCUT2D eigenvalue weighted by Crippen LogP contribution is 2.41. The van der Waals surface area contributed by atoms with E-state index in [-0.39, 0.29) is 0 Å². The molecule has 0 fully saturated rings. The Morgan fingerprint density at radius 2 is 1.23 bits per heavy atom. The van der Waals surface area contributed by atoms with E-state index in [1.165, 1.54) is 7.11 Å².